The molecule has 36 heavy (non-hydrogen) atoms. The van der Waals surface area contributed by atoms with E-state index in [9.17, 15) is 22.0 Å². The van der Waals surface area contributed by atoms with E-state index in [0.29, 0.717) is 47.4 Å². The van der Waals surface area contributed by atoms with E-state index in [2.05, 4.69) is 20.0 Å². The minimum absolute atomic E-state index is 0.0411. The molecule has 0 radical (unpaired) electrons. The topological polar surface area (TPSA) is 112 Å². The maximum atomic E-state index is 13.1. The van der Waals surface area contributed by atoms with Crippen LogP contribution in [0.3, 0.4) is 0 Å². The van der Waals surface area contributed by atoms with E-state index < -0.39 is 27.9 Å². The summed E-state index contributed by atoms with van der Waals surface area (Å²) in [4.78, 5) is 21.7. The molecule has 0 unspecified atom stereocenters. The first-order valence-electron chi connectivity index (χ1n) is 11.6. The highest BCUT2D eigenvalue weighted by Crippen LogP contribution is 2.35. The van der Waals surface area contributed by atoms with Crippen molar-refractivity contribution in [2.75, 3.05) is 24.7 Å². The number of alkyl halides is 2. The van der Waals surface area contributed by atoms with Crippen LogP contribution in [-0.4, -0.2) is 65.7 Å². The number of nitrogens with zero attached hydrogens (tertiary/aromatic N) is 3. The van der Waals surface area contributed by atoms with Crippen molar-refractivity contribution in [3.63, 3.8) is 0 Å². The fraction of sp³-hybridized carbons (Fsp3) is 0.458. The number of ether oxygens (including phenoxy) is 2. The number of rotatable bonds is 6. The van der Waals surface area contributed by atoms with Crippen LogP contribution in [0.5, 0.6) is 5.75 Å². The summed E-state index contributed by atoms with van der Waals surface area (Å²) in [5.41, 5.74) is 1.98. The molecule has 2 saturated heterocycles. The van der Waals surface area contributed by atoms with Crippen molar-refractivity contribution in [2.45, 2.75) is 44.4 Å². The van der Waals surface area contributed by atoms with Gasteiger partial charge in [0.05, 0.1) is 39.8 Å². The Kier molecular flexibility index (Phi) is 6.41. The molecule has 192 valence electrons. The molecule has 3 aromatic rings. The Morgan fingerprint density at radius 3 is 2.72 bits per heavy atom. The van der Waals surface area contributed by atoms with Crippen molar-refractivity contribution >= 4 is 26.8 Å². The number of hydrogen-bond acceptors (Lipinski definition) is 7. The van der Waals surface area contributed by atoms with Crippen molar-refractivity contribution in [1.82, 2.24) is 19.9 Å². The molecule has 9 nitrogen and oxygen atoms in total. The minimum atomic E-state index is -3.19. The van der Waals surface area contributed by atoms with Crippen LogP contribution in [0, 0.1) is 0 Å². The molecule has 5 rings (SSSR count). The Morgan fingerprint density at radius 1 is 1.25 bits per heavy atom. The second-order valence-electron chi connectivity index (χ2n) is 9.53. The molecule has 12 heteroatoms. The summed E-state index contributed by atoms with van der Waals surface area (Å²) >= 11 is 0. The van der Waals surface area contributed by atoms with Crippen molar-refractivity contribution in [2.24, 2.45) is 0 Å². The van der Waals surface area contributed by atoms with E-state index in [-0.39, 0.29) is 23.3 Å². The summed E-state index contributed by atoms with van der Waals surface area (Å²) in [5, 5.41) is 2.87. The molecule has 2 aliphatic heterocycles. The number of nitrogens with one attached hydrogen (secondary N) is 1. The number of sulfone groups is 1. The fourth-order valence-electron chi connectivity index (χ4n) is 4.92. The predicted octanol–water partition coefficient (Wildman–Crippen LogP) is 3.36. The number of hydrogen-bond donors (Lipinski definition) is 1. The third-order valence-electron chi connectivity index (χ3n) is 6.68. The van der Waals surface area contributed by atoms with Gasteiger partial charge in [-0.25, -0.2) is 8.42 Å². The van der Waals surface area contributed by atoms with E-state index in [4.69, 9.17) is 4.74 Å². The van der Waals surface area contributed by atoms with Crippen LogP contribution in [0.15, 0.2) is 36.9 Å². The van der Waals surface area contributed by atoms with Gasteiger partial charge in [-0.05, 0) is 38.3 Å². The largest absolute Gasteiger partial charge is 0.433 e. The van der Waals surface area contributed by atoms with Gasteiger partial charge < -0.3 is 19.4 Å². The lowest BCUT2D eigenvalue weighted by Crippen LogP contribution is -2.46. The average Bonchev–Trinajstić information content (AvgIpc) is 3.35. The van der Waals surface area contributed by atoms with Crippen LogP contribution in [0.4, 0.5) is 8.78 Å². The SMILES string of the molecule is C[C@]1(NC(=O)c2cnc3c(-c4cncc(OC(F)F)c4)cn(C4CCOCC4)c3c2)CCS(=O)(=O)C1. The van der Waals surface area contributed by atoms with E-state index in [0.717, 1.165) is 12.8 Å². The zero-order chi connectivity index (χ0) is 25.5. The van der Waals surface area contributed by atoms with Gasteiger partial charge in [0.2, 0.25) is 0 Å². The van der Waals surface area contributed by atoms with E-state index >= 15 is 0 Å². The highest BCUT2D eigenvalue weighted by Gasteiger charge is 2.39. The van der Waals surface area contributed by atoms with Crippen molar-refractivity contribution < 1.29 is 31.5 Å². The van der Waals surface area contributed by atoms with Gasteiger partial charge in [-0.3, -0.25) is 14.8 Å². The first-order chi connectivity index (χ1) is 17.1. The monoisotopic (exact) mass is 520 g/mol. The maximum Gasteiger partial charge on any atom is 0.387 e. The molecule has 0 spiro atoms. The molecular weight excluding hydrogens is 494 g/mol. The lowest BCUT2D eigenvalue weighted by molar-refractivity contribution is -0.0500. The Balaban J connectivity index is 1.54. The lowest BCUT2D eigenvalue weighted by Gasteiger charge is -2.25. The average molecular weight is 521 g/mol. The van der Waals surface area contributed by atoms with Gasteiger partial charge in [-0.15, -0.1) is 0 Å². The summed E-state index contributed by atoms with van der Waals surface area (Å²) < 4.78 is 61.4. The lowest BCUT2D eigenvalue weighted by atomic mass is 10.0. The van der Waals surface area contributed by atoms with Crippen LogP contribution in [0.2, 0.25) is 0 Å². The summed E-state index contributed by atoms with van der Waals surface area (Å²) in [7, 11) is -3.19. The molecule has 1 amide bonds. The van der Waals surface area contributed by atoms with E-state index in [1.165, 1.54) is 18.5 Å². The normalized spacial score (nSPS) is 22.2. The molecule has 3 aromatic heterocycles. The zero-order valence-corrected chi connectivity index (χ0v) is 20.4. The summed E-state index contributed by atoms with van der Waals surface area (Å²) in [6.07, 6.45) is 7.98. The van der Waals surface area contributed by atoms with Gasteiger partial charge in [-0.2, -0.15) is 8.78 Å². The number of fused-ring (bicyclic) bond motifs is 1. The molecule has 0 aliphatic carbocycles. The number of carbonyl (C=O) groups is 1. The van der Waals surface area contributed by atoms with Gasteiger partial charge in [-0.1, -0.05) is 0 Å². The highest BCUT2D eigenvalue weighted by molar-refractivity contribution is 7.91. The maximum absolute atomic E-state index is 13.1. The van der Waals surface area contributed by atoms with Gasteiger partial charge in [0.15, 0.2) is 9.84 Å². The number of pyridine rings is 2. The molecule has 0 aromatic carbocycles. The number of halogens is 2. The molecule has 1 N–H and O–H groups in total. The van der Waals surface area contributed by atoms with Crippen LogP contribution >= 0.6 is 0 Å². The third kappa shape index (κ3) is 5.05. The van der Waals surface area contributed by atoms with Crippen LogP contribution < -0.4 is 10.1 Å². The van der Waals surface area contributed by atoms with Gasteiger partial charge in [0.1, 0.15) is 5.75 Å². The Labute approximate surface area is 206 Å². The molecular formula is C24H26F2N4O5S. The number of carbonyl (C=O) groups excluding carboxylic acids is 1. The van der Waals surface area contributed by atoms with Crippen LogP contribution in [0.25, 0.3) is 22.2 Å². The zero-order valence-electron chi connectivity index (χ0n) is 19.6. The summed E-state index contributed by atoms with van der Waals surface area (Å²) in [5.74, 6) is -0.530. The number of aromatic nitrogens is 3. The summed E-state index contributed by atoms with van der Waals surface area (Å²) in [6.45, 7) is -0.0497. The molecule has 1 atom stereocenters. The molecule has 5 heterocycles. The summed E-state index contributed by atoms with van der Waals surface area (Å²) in [6, 6.07) is 3.31. The van der Waals surface area contributed by atoms with Crippen LogP contribution in [0.1, 0.15) is 42.6 Å². The third-order valence-corrected chi connectivity index (χ3v) is 8.59. The van der Waals surface area contributed by atoms with E-state index in [1.807, 2.05) is 10.8 Å². The van der Waals surface area contributed by atoms with Gasteiger partial charge >= 0.3 is 6.61 Å². The molecule has 2 aliphatic rings. The highest BCUT2D eigenvalue weighted by atomic mass is 32.2. The van der Waals surface area contributed by atoms with Gasteiger partial charge in [0, 0.05) is 49.0 Å². The first-order valence-corrected chi connectivity index (χ1v) is 13.5. The smallest absolute Gasteiger partial charge is 0.387 e. The van der Waals surface area contributed by atoms with Crippen molar-refractivity contribution in [1.29, 1.82) is 0 Å². The molecule has 0 bridgehead atoms. The molecule has 2 fully saturated rings. The standard InChI is InChI=1S/C24H26F2N4O5S/c1-24(4-7-36(32,33)14-24)29-22(31)16-9-20-21(28-11-16)19(13-30(20)17-2-5-34-6-3-17)15-8-18(12-27-10-15)35-23(25)26/h8-13,17,23H,2-7,14H2,1H3,(H,29,31)/t24-/m0/s1. The molecule has 0 saturated carbocycles. The quantitative estimate of drug-likeness (QED) is 0.530. The predicted molar refractivity (Wildman–Crippen MR) is 128 cm³/mol. The number of amides is 1. The Bertz CT molecular complexity index is 1400. The second kappa shape index (κ2) is 9.40. The minimum Gasteiger partial charge on any atom is -0.433 e. The van der Waals surface area contributed by atoms with Crippen molar-refractivity contribution in [3.8, 4) is 16.9 Å². The first kappa shape index (κ1) is 24.6. The van der Waals surface area contributed by atoms with Crippen LogP contribution in [-0.2, 0) is 14.6 Å². The Morgan fingerprint density at radius 2 is 2.03 bits per heavy atom. The fourth-order valence-corrected chi connectivity index (χ4v) is 7.01. The second-order valence-corrected chi connectivity index (χ2v) is 11.7. The van der Waals surface area contributed by atoms with Crippen molar-refractivity contribution in [3.05, 3.63) is 42.5 Å². The van der Waals surface area contributed by atoms with E-state index in [1.54, 1.807) is 19.2 Å². The van der Waals surface area contributed by atoms with Gasteiger partial charge in [0.25, 0.3) is 5.91 Å². The Hall–Kier alpha value is -3.12.